The highest BCUT2D eigenvalue weighted by Crippen LogP contribution is 2.25. The molecule has 0 heterocycles. The Morgan fingerprint density at radius 3 is 2.05 bits per heavy atom. The average molecular weight is 551 g/mol. The highest BCUT2D eigenvalue weighted by atomic mass is 32.2. The van der Waals surface area contributed by atoms with Crippen molar-refractivity contribution in [3.8, 4) is 11.8 Å². The Balaban J connectivity index is 2.64. The molecule has 3 unspecified atom stereocenters. The van der Waals surface area contributed by atoms with Gasteiger partial charge >= 0.3 is 5.97 Å². The largest absolute Gasteiger partial charge is 0.467 e. The van der Waals surface area contributed by atoms with E-state index in [0.29, 0.717) is 18.1 Å². The van der Waals surface area contributed by atoms with Crippen molar-refractivity contribution in [2.24, 2.45) is 11.8 Å². The van der Waals surface area contributed by atoms with Gasteiger partial charge in [0.2, 0.25) is 16.9 Å². The lowest BCUT2D eigenvalue weighted by Crippen LogP contribution is -2.41. The molecule has 0 radical (unpaired) electrons. The predicted molar refractivity (Wildman–Crippen MR) is 149 cm³/mol. The summed E-state index contributed by atoms with van der Waals surface area (Å²) < 4.78 is 4.68. The van der Waals surface area contributed by atoms with Crippen LogP contribution in [0.1, 0.15) is 60.3 Å². The molecule has 8 nitrogen and oxygen atoms in total. The van der Waals surface area contributed by atoms with Crippen LogP contribution >= 0.6 is 23.5 Å². The van der Waals surface area contributed by atoms with Gasteiger partial charge < -0.3 is 15.4 Å². The van der Waals surface area contributed by atoms with Gasteiger partial charge in [0.25, 0.3) is 0 Å². The van der Waals surface area contributed by atoms with Crippen molar-refractivity contribution in [1.82, 2.24) is 10.6 Å². The molecule has 3 atom stereocenters. The molecule has 204 valence electrons. The molecule has 0 saturated heterocycles. The smallest absolute Gasteiger partial charge is 0.328 e. The van der Waals surface area contributed by atoms with Crippen molar-refractivity contribution in [1.29, 1.82) is 0 Å². The van der Waals surface area contributed by atoms with E-state index in [1.54, 1.807) is 0 Å². The lowest BCUT2D eigenvalue weighted by Gasteiger charge is -2.18. The molecule has 2 amide bonds. The van der Waals surface area contributed by atoms with E-state index >= 15 is 0 Å². The molecule has 1 aliphatic carbocycles. The summed E-state index contributed by atoms with van der Waals surface area (Å²) in [7, 11) is 1.22. The second-order valence-corrected chi connectivity index (χ2v) is 11.4. The molecular weight excluding hydrogens is 512 g/mol. The number of ether oxygens (including phenoxy) is 1. The Bertz CT molecular complexity index is 977. The number of methoxy groups -OCH3 is 1. The highest BCUT2D eigenvalue weighted by molar-refractivity contribution is 8.14. The molecule has 2 N–H and O–H groups in total. The van der Waals surface area contributed by atoms with Crippen LogP contribution in [0, 0.1) is 23.7 Å². The van der Waals surface area contributed by atoms with E-state index in [0.717, 1.165) is 41.1 Å². The standard InChI is InChI=1S/C27H38N2O6S2/c1-17(2)16-21-8-7-9-22(11-10-21)18(3)26(33)36-15-13-24(29-20(5)31)27(34)37-14-12-23(25(32)35-6)28-19(4)30/h10-11,17-18,23-24H,9,12-16H2,1-6H3,(H,28,30)(H,29,31). The number of carbonyl (C=O) groups excluding carboxylic acids is 5. The number of hydrogen-bond acceptors (Lipinski definition) is 8. The number of hydrogen-bond donors (Lipinski definition) is 2. The van der Waals surface area contributed by atoms with Gasteiger partial charge in [-0.1, -0.05) is 68.3 Å². The number of rotatable bonds is 14. The van der Waals surface area contributed by atoms with E-state index in [1.165, 1.54) is 21.0 Å². The fraction of sp³-hybridized carbons (Fsp3) is 0.593. The highest BCUT2D eigenvalue weighted by Gasteiger charge is 2.25. The molecule has 0 bridgehead atoms. The molecular formula is C27H38N2O6S2. The SMILES string of the molecule is COC(=O)C(CCSC(=O)C(CCSC(=O)C(C)C1=CC=C(CC(C)C)C#CC1)NC(C)=O)NC(C)=O. The molecule has 0 spiro atoms. The van der Waals surface area contributed by atoms with Crippen LogP contribution in [0.25, 0.3) is 0 Å². The van der Waals surface area contributed by atoms with Gasteiger partial charge in [0.05, 0.1) is 13.2 Å². The van der Waals surface area contributed by atoms with Crippen LogP contribution in [-0.4, -0.2) is 58.7 Å². The minimum absolute atomic E-state index is 0.00772. The minimum Gasteiger partial charge on any atom is -0.467 e. The fourth-order valence-corrected chi connectivity index (χ4v) is 5.38. The first kappa shape index (κ1) is 32.5. The van der Waals surface area contributed by atoms with E-state index in [9.17, 15) is 24.0 Å². The van der Waals surface area contributed by atoms with Gasteiger partial charge in [-0.3, -0.25) is 19.2 Å². The maximum atomic E-state index is 12.8. The molecule has 0 aromatic carbocycles. The third-order valence-corrected chi connectivity index (χ3v) is 7.49. The summed E-state index contributed by atoms with van der Waals surface area (Å²) in [6, 6.07) is -1.61. The molecule has 0 aromatic rings. The third-order valence-electron chi connectivity index (χ3n) is 5.40. The second-order valence-electron chi connectivity index (χ2n) is 9.17. The van der Waals surface area contributed by atoms with Crippen LogP contribution in [-0.2, 0) is 28.7 Å². The van der Waals surface area contributed by atoms with Crippen LogP contribution < -0.4 is 10.6 Å². The minimum atomic E-state index is -0.851. The molecule has 1 aliphatic rings. The van der Waals surface area contributed by atoms with Crippen molar-refractivity contribution in [3.05, 3.63) is 23.3 Å². The predicted octanol–water partition coefficient (Wildman–Crippen LogP) is 3.41. The summed E-state index contributed by atoms with van der Waals surface area (Å²) in [5.74, 6) is 5.84. The van der Waals surface area contributed by atoms with Crippen LogP contribution in [0.5, 0.6) is 0 Å². The topological polar surface area (TPSA) is 119 Å². The summed E-state index contributed by atoms with van der Waals surface area (Å²) in [5.41, 5.74) is 2.04. The fourth-order valence-electron chi connectivity index (χ4n) is 3.49. The number of esters is 1. The lowest BCUT2D eigenvalue weighted by atomic mass is 9.99. The molecule has 1 rings (SSSR count). The van der Waals surface area contributed by atoms with Gasteiger partial charge in [-0.25, -0.2) is 4.79 Å². The normalized spacial score (nSPS) is 15.1. The number of carbonyl (C=O) groups is 5. The molecule has 10 heteroatoms. The van der Waals surface area contributed by atoms with Gasteiger partial charge in [-0.2, -0.15) is 0 Å². The van der Waals surface area contributed by atoms with Crippen molar-refractivity contribution < 1.29 is 28.7 Å². The number of nitrogens with one attached hydrogen (secondary N) is 2. The maximum Gasteiger partial charge on any atom is 0.328 e. The summed E-state index contributed by atoms with van der Waals surface area (Å²) in [4.78, 5) is 60.3. The first-order valence-electron chi connectivity index (χ1n) is 12.3. The molecule has 0 saturated carbocycles. The Labute approximate surface area is 228 Å². The van der Waals surface area contributed by atoms with E-state index in [2.05, 4.69) is 41.1 Å². The molecule has 0 aliphatic heterocycles. The van der Waals surface area contributed by atoms with Crippen LogP contribution in [0.2, 0.25) is 0 Å². The molecule has 37 heavy (non-hydrogen) atoms. The first-order chi connectivity index (χ1) is 17.4. The monoisotopic (exact) mass is 550 g/mol. The summed E-state index contributed by atoms with van der Waals surface area (Å²) in [5, 5.41) is 4.87. The van der Waals surface area contributed by atoms with E-state index in [4.69, 9.17) is 0 Å². The van der Waals surface area contributed by atoms with Gasteiger partial charge in [0.15, 0.2) is 5.12 Å². The number of allylic oxidation sites excluding steroid dienone is 4. The van der Waals surface area contributed by atoms with Crippen molar-refractivity contribution in [2.75, 3.05) is 18.6 Å². The summed E-state index contributed by atoms with van der Waals surface area (Å²) in [6.07, 6.45) is 5.92. The Morgan fingerprint density at radius 2 is 1.49 bits per heavy atom. The van der Waals surface area contributed by atoms with Crippen LogP contribution in [0.4, 0.5) is 0 Å². The second kappa shape index (κ2) is 17.1. The van der Waals surface area contributed by atoms with Gasteiger partial charge in [0, 0.05) is 43.3 Å². The Hall–Kier alpha value is -2.51. The third kappa shape index (κ3) is 13.0. The van der Waals surface area contributed by atoms with E-state index < -0.39 is 18.1 Å². The van der Waals surface area contributed by atoms with Gasteiger partial charge in [-0.05, 0) is 30.8 Å². The van der Waals surface area contributed by atoms with Crippen molar-refractivity contribution >= 4 is 51.5 Å². The summed E-state index contributed by atoms with van der Waals surface area (Å²) in [6.45, 7) is 8.77. The molecule has 0 aromatic heterocycles. The van der Waals surface area contributed by atoms with Crippen molar-refractivity contribution in [3.63, 3.8) is 0 Å². The Morgan fingerprint density at radius 1 is 0.919 bits per heavy atom. The van der Waals surface area contributed by atoms with Crippen molar-refractivity contribution in [2.45, 2.75) is 72.4 Å². The van der Waals surface area contributed by atoms with E-state index in [-0.39, 0.29) is 46.6 Å². The summed E-state index contributed by atoms with van der Waals surface area (Å²) >= 11 is 2.11. The van der Waals surface area contributed by atoms with Gasteiger partial charge in [0.1, 0.15) is 6.04 Å². The number of amides is 2. The number of thioether (sulfide) groups is 2. The van der Waals surface area contributed by atoms with E-state index in [1.807, 2.05) is 19.1 Å². The molecule has 0 fully saturated rings. The zero-order chi connectivity index (χ0) is 28.0. The van der Waals surface area contributed by atoms with Crippen LogP contribution in [0.15, 0.2) is 23.3 Å². The lowest BCUT2D eigenvalue weighted by molar-refractivity contribution is -0.144. The van der Waals surface area contributed by atoms with Crippen LogP contribution in [0.3, 0.4) is 0 Å². The zero-order valence-electron chi connectivity index (χ0n) is 22.5. The average Bonchev–Trinajstić information content (AvgIpc) is 3.06. The Kier molecular flexibility index (Phi) is 15.0. The quantitative estimate of drug-likeness (QED) is 0.250. The van der Waals surface area contributed by atoms with Gasteiger partial charge in [-0.15, -0.1) is 0 Å². The maximum absolute atomic E-state index is 12.8. The first-order valence-corrected chi connectivity index (χ1v) is 14.2. The zero-order valence-corrected chi connectivity index (χ0v) is 24.1.